The quantitative estimate of drug-likeness (QED) is 0.895. The Hall–Kier alpha value is -0.640. The minimum absolute atomic E-state index is 0.106. The van der Waals surface area contributed by atoms with E-state index >= 15 is 0 Å². The third-order valence-electron chi connectivity index (χ3n) is 2.79. The second-order valence-electron chi connectivity index (χ2n) is 4.34. The third-order valence-corrected chi connectivity index (χ3v) is 4.60. The van der Waals surface area contributed by atoms with Crippen LogP contribution in [0.5, 0.6) is 0 Å². The van der Waals surface area contributed by atoms with E-state index in [1.165, 1.54) is 20.9 Å². The molecule has 0 aliphatic rings. The van der Waals surface area contributed by atoms with Crippen LogP contribution < -0.4 is 5.73 Å². The van der Waals surface area contributed by atoms with Crippen LogP contribution in [-0.4, -0.2) is 0 Å². The van der Waals surface area contributed by atoms with Gasteiger partial charge in [-0.05, 0) is 49.6 Å². The van der Waals surface area contributed by atoms with Gasteiger partial charge in [0.15, 0.2) is 0 Å². The number of hydrogen-bond donors (Lipinski definition) is 1. The van der Waals surface area contributed by atoms with Gasteiger partial charge in [0.25, 0.3) is 0 Å². The Morgan fingerprint density at radius 1 is 1.24 bits per heavy atom. The summed E-state index contributed by atoms with van der Waals surface area (Å²) in [7, 11) is 0. The Morgan fingerprint density at radius 2 is 1.88 bits per heavy atom. The van der Waals surface area contributed by atoms with Crippen molar-refractivity contribution in [1.29, 1.82) is 0 Å². The first-order chi connectivity index (χ1) is 8.06. The van der Waals surface area contributed by atoms with Crippen molar-refractivity contribution in [2.45, 2.75) is 26.3 Å². The van der Waals surface area contributed by atoms with Gasteiger partial charge in [-0.3, -0.25) is 0 Å². The first-order valence-corrected chi connectivity index (χ1v) is 7.24. The summed E-state index contributed by atoms with van der Waals surface area (Å²) < 4.78 is 1.11. The van der Waals surface area contributed by atoms with Crippen molar-refractivity contribution < 1.29 is 0 Å². The Balaban J connectivity index is 2.14. The first kappa shape index (κ1) is 12.8. The zero-order valence-corrected chi connectivity index (χ0v) is 12.4. The number of benzene rings is 1. The maximum atomic E-state index is 6.28. The molecule has 1 nitrogen and oxygen atoms in total. The Labute approximate surface area is 115 Å². The van der Waals surface area contributed by atoms with Crippen LogP contribution in [0.25, 0.3) is 0 Å². The highest BCUT2D eigenvalue weighted by Gasteiger charge is 2.12. The summed E-state index contributed by atoms with van der Waals surface area (Å²) in [6.07, 6.45) is 0.897. The van der Waals surface area contributed by atoms with Crippen LogP contribution in [0.1, 0.15) is 26.9 Å². The number of thiophene rings is 1. The van der Waals surface area contributed by atoms with Gasteiger partial charge in [0.1, 0.15) is 0 Å². The summed E-state index contributed by atoms with van der Waals surface area (Å²) >= 11 is 5.25. The molecule has 0 saturated heterocycles. The minimum Gasteiger partial charge on any atom is -0.323 e. The highest BCUT2D eigenvalue weighted by Crippen LogP contribution is 2.28. The van der Waals surface area contributed by atoms with E-state index in [0.717, 1.165) is 10.9 Å². The summed E-state index contributed by atoms with van der Waals surface area (Å²) in [4.78, 5) is 2.65. The molecule has 1 heterocycles. The Bertz CT molecular complexity index is 501. The molecule has 0 fully saturated rings. The molecule has 0 aliphatic heterocycles. The fourth-order valence-electron chi connectivity index (χ4n) is 1.99. The standard InChI is InChI=1S/C14H16BrNS/c1-9-7-10(2)17-14(9)13(16)8-11-3-5-12(15)6-4-11/h3-7,13H,8,16H2,1-2H3. The maximum Gasteiger partial charge on any atom is 0.0433 e. The molecule has 2 aromatic rings. The van der Waals surface area contributed by atoms with Gasteiger partial charge in [-0.15, -0.1) is 11.3 Å². The average Bonchev–Trinajstić information content (AvgIpc) is 2.61. The lowest BCUT2D eigenvalue weighted by Gasteiger charge is -2.11. The number of halogens is 1. The van der Waals surface area contributed by atoms with Crippen LogP contribution in [0.4, 0.5) is 0 Å². The van der Waals surface area contributed by atoms with E-state index in [9.17, 15) is 0 Å². The van der Waals surface area contributed by atoms with Crippen molar-refractivity contribution in [3.63, 3.8) is 0 Å². The largest absolute Gasteiger partial charge is 0.323 e. The predicted molar refractivity (Wildman–Crippen MR) is 78.6 cm³/mol. The topological polar surface area (TPSA) is 26.0 Å². The normalized spacial score (nSPS) is 12.7. The molecular weight excluding hydrogens is 294 g/mol. The van der Waals surface area contributed by atoms with Gasteiger partial charge in [0.2, 0.25) is 0 Å². The number of hydrogen-bond acceptors (Lipinski definition) is 2. The van der Waals surface area contributed by atoms with E-state index < -0.39 is 0 Å². The SMILES string of the molecule is Cc1cc(C)c(C(N)Cc2ccc(Br)cc2)s1. The summed E-state index contributed by atoms with van der Waals surface area (Å²) in [5.74, 6) is 0. The predicted octanol–water partition coefficient (Wildman–Crippen LogP) is 4.37. The van der Waals surface area contributed by atoms with Gasteiger partial charge in [-0.25, -0.2) is 0 Å². The summed E-state index contributed by atoms with van der Waals surface area (Å²) in [6.45, 7) is 4.27. The van der Waals surface area contributed by atoms with E-state index in [1.54, 1.807) is 0 Å². The molecule has 1 aromatic heterocycles. The van der Waals surface area contributed by atoms with E-state index in [4.69, 9.17) is 5.73 Å². The van der Waals surface area contributed by atoms with Crippen LogP contribution in [0, 0.1) is 13.8 Å². The molecule has 0 spiro atoms. The highest BCUT2D eigenvalue weighted by molar-refractivity contribution is 9.10. The van der Waals surface area contributed by atoms with Crippen LogP contribution in [-0.2, 0) is 6.42 Å². The third kappa shape index (κ3) is 3.18. The van der Waals surface area contributed by atoms with Gasteiger partial charge >= 0.3 is 0 Å². The van der Waals surface area contributed by atoms with Crippen molar-refractivity contribution >= 4 is 27.3 Å². The molecule has 0 saturated carbocycles. The molecule has 0 amide bonds. The van der Waals surface area contributed by atoms with Gasteiger partial charge < -0.3 is 5.73 Å². The summed E-state index contributed by atoms with van der Waals surface area (Å²) in [5, 5.41) is 0. The lowest BCUT2D eigenvalue weighted by Crippen LogP contribution is -2.12. The monoisotopic (exact) mass is 309 g/mol. The van der Waals surface area contributed by atoms with Crippen LogP contribution >= 0.6 is 27.3 Å². The van der Waals surface area contributed by atoms with Crippen LogP contribution in [0.2, 0.25) is 0 Å². The Morgan fingerprint density at radius 3 is 2.41 bits per heavy atom. The van der Waals surface area contributed by atoms with Crippen LogP contribution in [0.15, 0.2) is 34.8 Å². The van der Waals surface area contributed by atoms with E-state index in [2.05, 4.69) is 60.1 Å². The molecule has 0 radical (unpaired) electrons. The van der Waals surface area contributed by atoms with Crippen molar-refractivity contribution in [3.8, 4) is 0 Å². The second-order valence-corrected chi connectivity index (χ2v) is 6.54. The van der Waals surface area contributed by atoms with Crippen molar-refractivity contribution in [1.82, 2.24) is 0 Å². The zero-order chi connectivity index (χ0) is 12.4. The lowest BCUT2D eigenvalue weighted by molar-refractivity contribution is 0.732. The molecule has 0 bridgehead atoms. The van der Waals surface area contributed by atoms with Crippen LogP contribution in [0.3, 0.4) is 0 Å². The van der Waals surface area contributed by atoms with Crippen molar-refractivity contribution in [2.75, 3.05) is 0 Å². The molecule has 1 atom stereocenters. The number of nitrogens with two attached hydrogens (primary N) is 1. The molecule has 17 heavy (non-hydrogen) atoms. The van der Waals surface area contributed by atoms with E-state index in [1.807, 2.05) is 11.3 Å². The summed E-state index contributed by atoms with van der Waals surface area (Å²) in [5.41, 5.74) is 8.88. The molecule has 2 rings (SSSR count). The molecule has 0 aliphatic carbocycles. The molecule has 2 N–H and O–H groups in total. The maximum absolute atomic E-state index is 6.28. The van der Waals surface area contributed by atoms with E-state index in [0.29, 0.717) is 0 Å². The zero-order valence-electron chi connectivity index (χ0n) is 10.0. The molecular formula is C14H16BrNS. The Kier molecular flexibility index (Phi) is 4.02. The fourth-order valence-corrected chi connectivity index (χ4v) is 3.30. The second kappa shape index (κ2) is 5.34. The minimum atomic E-state index is 0.106. The molecule has 1 unspecified atom stereocenters. The molecule has 3 heteroatoms. The lowest BCUT2D eigenvalue weighted by atomic mass is 10.0. The fraction of sp³-hybridized carbons (Fsp3) is 0.286. The van der Waals surface area contributed by atoms with Gasteiger partial charge in [0.05, 0.1) is 0 Å². The van der Waals surface area contributed by atoms with Gasteiger partial charge in [-0.1, -0.05) is 28.1 Å². The molecule has 1 aromatic carbocycles. The highest BCUT2D eigenvalue weighted by atomic mass is 79.9. The number of rotatable bonds is 3. The number of aryl methyl sites for hydroxylation is 2. The van der Waals surface area contributed by atoms with E-state index in [-0.39, 0.29) is 6.04 Å². The van der Waals surface area contributed by atoms with Gasteiger partial charge in [-0.2, -0.15) is 0 Å². The smallest absolute Gasteiger partial charge is 0.0433 e. The van der Waals surface area contributed by atoms with Crippen molar-refractivity contribution in [3.05, 3.63) is 55.7 Å². The summed E-state index contributed by atoms with van der Waals surface area (Å²) in [6, 6.07) is 10.7. The van der Waals surface area contributed by atoms with Crippen molar-refractivity contribution in [2.24, 2.45) is 5.73 Å². The molecule has 90 valence electrons. The van der Waals surface area contributed by atoms with Gasteiger partial charge in [0, 0.05) is 20.3 Å². The average molecular weight is 310 g/mol. The first-order valence-electron chi connectivity index (χ1n) is 5.63.